The molecule has 1 rings (SSSR count). The zero-order chi connectivity index (χ0) is 10.8. The second-order valence-electron chi connectivity index (χ2n) is 2.12. The first-order valence-corrected chi connectivity index (χ1v) is 9.36. The molecule has 0 fully saturated rings. The van der Waals surface area contributed by atoms with Crippen LogP contribution in [0.4, 0.5) is 0 Å². The molecular formula is C9H12Cl2N2OPt. The van der Waals surface area contributed by atoms with Crippen LogP contribution in [-0.4, -0.2) is 6.61 Å². The third kappa shape index (κ3) is 8.71. The average Bonchev–Trinajstić information content (AvgIpc) is 2.20. The Hall–Kier alpha value is -0.262. The van der Waals surface area contributed by atoms with Gasteiger partial charge in [0, 0.05) is 0 Å². The van der Waals surface area contributed by atoms with E-state index in [0.29, 0.717) is 12.2 Å². The van der Waals surface area contributed by atoms with Gasteiger partial charge in [-0.05, 0) is 25.1 Å². The van der Waals surface area contributed by atoms with Crippen molar-refractivity contribution < 1.29 is 21.2 Å². The van der Waals surface area contributed by atoms with Crippen molar-refractivity contribution in [3.8, 4) is 11.8 Å². The fourth-order valence-corrected chi connectivity index (χ4v) is 0.822. The molecule has 0 amide bonds. The van der Waals surface area contributed by atoms with Crippen LogP contribution in [0.2, 0.25) is 0 Å². The third-order valence-electron chi connectivity index (χ3n) is 1.27. The normalized spacial score (nSPS) is 7.87. The molecule has 0 aliphatic heterocycles. The molecule has 0 unspecified atom stereocenters. The van der Waals surface area contributed by atoms with Gasteiger partial charge in [-0.1, -0.05) is 6.07 Å². The van der Waals surface area contributed by atoms with E-state index in [1.807, 2.05) is 25.1 Å². The minimum absolute atomic E-state index is 0. The Kier molecular flexibility index (Phi) is 13.5. The first-order chi connectivity index (χ1) is 6.78. The van der Waals surface area contributed by atoms with Crippen LogP contribution in [0.25, 0.3) is 0 Å². The monoisotopic (exact) mass is 429 g/mol. The van der Waals surface area contributed by atoms with Gasteiger partial charge in [0.05, 0.1) is 18.2 Å². The number of nitrogens with zero attached hydrogens (tertiary/aromatic N) is 1. The molecule has 0 radical (unpaired) electrons. The van der Waals surface area contributed by atoms with Crippen LogP contribution in [0.5, 0.6) is 5.75 Å². The van der Waals surface area contributed by atoms with Crippen LogP contribution in [0, 0.1) is 11.3 Å². The van der Waals surface area contributed by atoms with E-state index in [4.69, 9.17) is 28.8 Å². The Labute approximate surface area is 106 Å². The van der Waals surface area contributed by atoms with Gasteiger partial charge in [-0.25, -0.2) is 0 Å². The van der Waals surface area contributed by atoms with Crippen molar-refractivity contribution in [1.82, 2.24) is 6.15 Å². The number of hydrogen-bond acceptors (Lipinski definition) is 3. The van der Waals surface area contributed by atoms with Crippen LogP contribution in [0.3, 0.4) is 0 Å². The summed E-state index contributed by atoms with van der Waals surface area (Å²) in [6.45, 7) is 2.55. The summed E-state index contributed by atoms with van der Waals surface area (Å²) in [6.07, 6.45) is 0. The molecule has 0 saturated carbocycles. The van der Waals surface area contributed by atoms with Gasteiger partial charge in [-0.15, -0.1) is 0 Å². The Balaban J connectivity index is 0. The molecular weight excluding hydrogens is 418 g/mol. The molecule has 88 valence electrons. The van der Waals surface area contributed by atoms with E-state index in [2.05, 4.69) is 0 Å². The molecule has 0 saturated heterocycles. The van der Waals surface area contributed by atoms with Crippen molar-refractivity contribution in [2.75, 3.05) is 6.61 Å². The molecule has 0 aromatic heterocycles. The molecule has 6 heteroatoms. The molecule has 0 spiro atoms. The van der Waals surface area contributed by atoms with E-state index < -0.39 is 16.5 Å². The number of nitriles is 1. The average molecular weight is 430 g/mol. The van der Waals surface area contributed by atoms with E-state index in [9.17, 15) is 0 Å². The second kappa shape index (κ2) is 11.8. The quantitative estimate of drug-likeness (QED) is 0.782. The van der Waals surface area contributed by atoms with E-state index in [-0.39, 0.29) is 6.15 Å². The maximum atomic E-state index is 8.52. The number of ether oxygens (including phenoxy) is 1. The summed E-state index contributed by atoms with van der Waals surface area (Å²) in [5, 5.41) is 8.52. The van der Waals surface area contributed by atoms with Crippen LogP contribution in [0.15, 0.2) is 24.3 Å². The summed E-state index contributed by atoms with van der Waals surface area (Å²) in [5.41, 5.74) is 0.635. The van der Waals surface area contributed by atoms with E-state index in [1.165, 1.54) is 0 Å². The Morgan fingerprint density at radius 3 is 2.53 bits per heavy atom. The third-order valence-corrected chi connectivity index (χ3v) is 1.27. The Morgan fingerprint density at radius 1 is 1.47 bits per heavy atom. The van der Waals surface area contributed by atoms with E-state index in [1.54, 1.807) is 12.1 Å². The second-order valence-corrected chi connectivity index (χ2v) is 5.40. The SMILES string of the molecule is CCOc1cccc(C#N)c1.N.[Cl][Pt][Cl]. The molecule has 1 aromatic carbocycles. The van der Waals surface area contributed by atoms with Crippen LogP contribution in [-0.2, 0) is 16.5 Å². The topological polar surface area (TPSA) is 68.0 Å². The van der Waals surface area contributed by atoms with Crippen molar-refractivity contribution in [3.63, 3.8) is 0 Å². The van der Waals surface area contributed by atoms with Crippen LogP contribution < -0.4 is 10.9 Å². The summed E-state index contributed by atoms with van der Waals surface area (Å²) in [7, 11) is 9.75. The molecule has 0 atom stereocenters. The molecule has 15 heavy (non-hydrogen) atoms. The van der Waals surface area contributed by atoms with E-state index >= 15 is 0 Å². The number of benzene rings is 1. The van der Waals surface area contributed by atoms with Gasteiger partial charge in [0.2, 0.25) is 0 Å². The molecule has 0 bridgehead atoms. The molecule has 0 aliphatic rings. The fourth-order valence-electron chi connectivity index (χ4n) is 0.822. The van der Waals surface area contributed by atoms with Crippen LogP contribution in [0.1, 0.15) is 12.5 Å². The molecule has 3 nitrogen and oxygen atoms in total. The van der Waals surface area contributed by atoms with E-state index in [0.717, 1.165) is 5.75 Å². The summed E-state index contributed by atoms with van der Waals surface area (Å²) in [6, 6.07) is 9.17. The summed E-state index contributed by atoms with van der Waals surface area (Å²) >= 11 is -0.472. The fraction of sp³-hybridized carbons (Fsp3) is 0.222. The number of halogens is 2. The summed E-state index contributed by atoms with van der Waals surface area (Å²) in [4.78, 5) is 0. The van der Waals surface area contributed by atoms with Crippen molar-refractivity contribution in [1.29, 1.82) is 5.26 Å². The minimum atomic E-state index is -0.472. The molecule has 0 heterocycles. The van der Waals surface area contributed by atoms with Gasteiger partial charge in [-0.3, -0.25) is 0 Å². The zero-order valence-electron chi connectivity index (χ0n) is 8.15. The van der Waals surface area contributed by atoms with Gasteiger partial charge in [0.15, 0.2) is 0 Å². The Morgan fingerprint density at radius 2 is 2.07 bits per heavy atom. The predicted octanol–water partition coefficient (Wildman–Crippen LogP) is 3.50. The molecule has 0 aliphatic carbocycles. The standard InChI is InChI=1S/C9H9NO.2ClH.H3N.Pt/c1-2-11-9-5-3-4-8(6-9)7-10;;;;/h3-6H,2H2,1H3;2*1H;1H3;/q;;;;+2/p-2. The zero-order valence-corrected chi connectivity index (χ0v) is 11.9. The van der Waals surface area contributed by atoms with Gasteiger partial charge in [0.1, 0.15) is 5.75 Å². The number of hydrogen-bond donors (Lipinski definition) is 1. The Bertz CT molecular complexity index is 304. The van der Waals surface area contributed by atoms with Gasteiger partial charge >= 0.3 is 35.3 Å². The molecule has 3 N–H and O–H groups in total. The first kappa shape index (κ1) is 17.1. The summed E-state index contributed by atoms with van der Waals surface area (Å²) in [5.74, 6) is 0.756. The van der Waals surface area contributed by atoms with Gasteiger partial charge in [0.25, 0.3) is 0 Å². The van der Waals surface area contributed by atoms with Crippen LogP contribution >= 0.6 is 18.8 Å². The molecule has 1 aromatic rings. The van der Waals surface area contributed by atoms with Crippen molar-refractivity contribution in [2.24, 2.45) is 0 Å². The van der Waals surface area contributed by atoms with Crippen molar-refractivity contribution in [2.45, 2.75) is 6.92 Å². The predicted molar refractivity (Wildman–Crippen MR) is 59.1 cm³/mol. The first-order valence-electron chi connectivity index (χ1n) is 3.73. The van der Waals surface area contributed by atoms with Gasteiger partial charge in [-0.2, -0.15) is 5.26 Å². The van der Waals surface area contributed by atoms with Gasteiger partial charge < -0.3 is 10.9 Å². The maximum absolute atomic E-state index is 8.52. The van der Waals surface area contributed by atoms with Crippen molar-refractivity contribution >= 4 is 18.8 Å². The van der Waals surface area contributed by atoms with Crippen molar-refractivity contribution in [3.05, 3.63) is 29.8 Å². The number of rotatable bonds is 2. The summed E-state index contributed by atoms with van der Waals surface area (Å²) < 4.78 is 5.20.